The Kier molecular flexibility index (Phi) is 4.13. The molecule has 4 rings (SSSR count). The molecule has 0 fully saturated rings. The van der Waals surface area contributed by atoms with Crippen molar-refractivity contribution in [3.8, 4) is 0 Å². The van der Waals surface area contributed by atoms with Crippen molar-refractivity contribution in [3.05, 3.63) is 75.2 Å². The number of carbonyl (C=O) groups excluding carboxylic acids is 1. The molecule has 4 nitrogen and oxygen atoms in total. The van der Waals surface area contributed by atoms with Crippen LogP contribution >= 0.6 is 11.3 Å². The van der Waals surface area contributed by atoms with Crippen molar-refractivity contribution < 1.29 is 9.18 Å². The molecule has 6 heteroatoms. The Morgan fingerprint density at radius 3 is 2.92 bits per heavy atom. The van der Waals surface area contributed by atoms with Gasteiger partial charge in [-0.3, -0.25) is 4.79 Å². The van der Waals surface area contributed by atoms with Gasteiger partial charge in [0, 0.05) is 29.9 Å². The van der Waals surface area contributed by atoms with Crippen molar-refractivity contribution in [2.45, 2.75) is 25.3 Å². The monoisotopic (exact) mass is 355 g/mol. The van der Waals surface area contributed by atoms with Crippen LogP contribution in [0, 0.1) is 5.82 Å². The minimum Gasteiger partial charge on any atom is -0.337 e. The lowest BCUT2D eigenvalue weighted by molar-refractivity contribution is 0.0944. The number of nitrogens with one attached hydrogen (secondary N) is 1. The lowest BCUT2D eigenvalue weighted by atomic mass is 10.1. The summed E-state index contributed by atoms with van der Waals surface area (Å²) in [5, 5.41) is 2.97. The van der Waals surface area contributed by atoms with E-state index in [2.05, 4.69) is 10.3 Å². The summed E-state index contributed by atoms with van der Waals surface area (Å²) in [5.41, 5.74) is 1.68. The van der Waals surface area contributed by atoms with Gasteiger partial charge in [0.25, 0.3) is 5.91 Å². The van der Waals surface area contributed by atoms with Crippen molar-refractivity contribution in [3.63, 3.8) is 0 Å². The van der Waals surface area contributed by atoms with E-state index in [1.54, 1.807) is 35.2 Å². The summed E-state index contributed by atoms with van der Waals surface area (Å²) in [5.74, 6) is 0.0580. The highest BCUT2D eigenvalue weighted by Gasteiger charge is 2.26. The molecule has 0 saturated carbocycles. The topological polar surface area (TPSA) is 46.9 Å². The van der Waals surface area contributed by atoms with Gasteiger partial charge in [0.1, 0.15) is 17.7 Å². The zero-order valence-corrected chi connectivity index (χ0v) is 14.6. The molecule has 1 unspecified atom stereocenters. The Balaban J connectivity index is 1.67. The van der Waals surface area contributed by atoms with Crippen LogP contribution in [0.4, 0.5) is 4.39 Å². The first-order valence-electron chi connectivity index (χ1n) is 8.27. The van der Waals surface area contributed by atoms with Crippen LogP contribution in [0.25, 0.3) is 0 Å². The van der Waals surface area contributed by atoms with Gasteiger partial charge in [0.15, 0.2) is 0 Å². The average Bonchev–Trinajstić information content (AvgIpc) is 3.29. The standard InChI is InChI=1S/C19H18FN3OS/c1-23-10-9-21-18(23)17(13-6-2-3-7-14(13)20)22-19(24)16-11-12-5-4-8-15(12)25-16/h2-3,6-7,9-11,17H,4-5,8H2,1H3,(H,22,24). The molecule has 0 saturated heterocycles. The van der Waals surface area contributed by atoms with E-state index in [-0.39, 0.29) is 11.7 Å². The molecule has 3 aromatic rings. The zero-order chi connectivity index (χ0) is 17.4. The van der Waals surface area contributed by atoms with Crippen LogP contribution in [-0.4, -0.2) is 15.5 Å². The SMILES string of the molecule is Cn1ccnc1C(NC(=O)c1cc2c(s1)CCC2)c1ccccc1F. The molecule has 1 aromatic carbocycles. The lowest BCUT2D eigenvalue weighted by Gasteiger charge is -2.19. The third-order valence-corrected chi connectivity index (χ3v) is 5.81. The Bertz CT molecular complexity index is 909. The molecule has 0 aliphatic heterocycles. The molecule has 2 aromatic heterocycles. The van der Waals surface area contributed by atoms with Gasteiger partial charge < -0.3 is 9.88 Å². The van der Waals surface area contributed by atoms with Crippen LogP contribution in [-0.2, 0) is 19.9 Å². The Morgan fingerprint density at radius 1 is 1.36 bits per heavy atom. The number of rotatable bonds is 4. The van der Waals surface area contributed by atoms with Crippen molar-refractivity contribution >= 4 is 17.2 Å². The third kappa shape index (κ3) is 2.98. The zero-order valence-electron chi connectivity index (χ0n) is 13.8. The normalized spacial score (nSPS) is 14.3. The molecule has 0 radical (unpaired) electrons. The second-order valence-electron chi connectivity index (χ2n) is 6.24. The van der Waals surface area contributed by atoms with E-state index in [1.807, 2.05) is 13.1 Å². The first-order valence-corrected chi connectivity index (χ1v) is 9.09. The number of hydrogen-bond donors (Lipinski definition) is 1. The Hall–Kier alpha value is -2.47. The highest BCUT2D eigenvalue weighted by atomic mass is 32.1. The van der Waals surface area contributed by atoms with E-state index < -0.39 is 6.04 Å². The fraction of sp³-hybridized carbons (Fsp3) is 0.263. The third-order valence-electron chi connectivity index (χ3n) is 4.58. The van der Waals surface area contributed by atoms with Crippen molar-refractivity contribution in [1.29, 1.82) is 0 Å². The largest absolute Gasteiger partial charge is 0.337 e. The van der Waals surface area contributed by atoms with Gasteiger partial charge >= 0.3 is 0 Å². The second kappa shape index (κ2) is 6.44. The number of carbonyl (C=O) groups is 1. The summed E-state index contributed by atoms with van der Waals surface area (Å²) in [6.07, 6.45) is 6.68. The first-order chi connectivity index (χ1) is 12.1. The molecule has 0 bridgehead atoms. The maximum absolute atomic E-state index is 14.4. The summed E-state index contributed by atoms with van der Waals surface area (Å²) in [7, 11) is 1.84. The number of halogens is 1. The smallest absolute Gasteiger partial charge is 0.262 e. The molecular weight excluding hydrogens is 337 g/mol. The molecular formula is C19H18FN3OS. The van der Waals surface area contributed by atoms with Crippen LogP contribution in [0.3, 0.4) is 0 Å². The minimum atomic E-state index is -0.634. The fourth-order valence-corrected chi connectivity index (χ4v) is 4.45. The van der Waals surface area contributed by atoms with Crippen molar-refractivity contribution in [2.24, 2.45) is 7.05 Å². The number of nitrogens with zero attached hydrogens (tertiary/aromatic N) is 2. The summed E-state index contributed by atoms with van der Waals surface area (Å²) in [4.78, 5) is 19.1. The van der Waals surface area contributed by atoms with Gasteiger partial charge in [0.05, 0.1) is 4.88 Å². The Morgan fingerprint density at radius 2 is 2.20 bits per heavy atom. The number of hydrogen-bond acceptors (Lipinski definition) is 3. The van der Waals surface area contributed by atoms with E-state index >= 15 is 0 Å². The second-order valence-corrected chi connectivity index (χ2v) is 7.37. The van der Waals surface area contributed by atoms with Gasteiger partial charge in [-0.1, -0.05) is 18.2 Å². The van der Waals surface area contributed by atoms with E-state index in [0.717, 1.165) is 19.3 Å². The predicted molar refractivity (Wildman–Crippen MR) is 95.3 cm³/mol. The van der Waals surface area contributed by atoms with Crippen LogP contribution in [0.5, 0.6) is 0 Å². The van der Waals surface area contributed by atoms with Gasteiger partial charge in [-0.25, -0.2) is 9.37 Å². The van der Waals surface area contributed by atoms with E-state index in [9.17, 15) is 9.18 Å². The van der Waals surface area contributed by atoms with E-state index in [4.69, 9.17) is 0 Å². The van der Waals surface area contributed by atoms with Gasteiger partial charge in [-0.15, -0.1) is 11.3 Å². The number of aryl methyl sites for hydroxylation is 3. The quantitative estimate of drug-likeness (QED) is 0.777. The molecule has 1 aliphatic carbocycles. The number of aromatic nitrogens is 2. The number of imidazole rings is 1. The maximum Gasteiger partial charge on any atom is 0.262 e. The summed E-state index contributed by atoms with van der Waals surface area (Å²) in [6, 6.07) is 7.82. The molecule has 1 aliphatic rings. The summed E-state index contributed by atoms with van der Waals surface area (Å²) < 4.78 is 16.2. The number of amides is 1. The van der Waals surface area contributed by atoms with E-state index in [0.29, 0.717) is 16.3 Å². The molecule has 1 atom stereocenters. The average molecular weight is 355 g/mol. The fourth-order valence-electron chi connectivity index (χ4n) is 3.29. The lowest BCUT2D eigenvalue weighted by Crippen LogP contribution is -2.31. The highest BCUT2D eigenvalue weighted by molar-refractivity contribution is 7.14. The van der Waals surface area contributed by atoms with Gasteiger partial charge in [-0.2, -0.15) is 0 Å². The van der Waals surface area contributed by atoms with Gasteiger partial charge in [-0.05, 0) is 37.0 Å². The van der Waals surface area contributed by atoms with Gasteiger partial charge in [0.2, 0.25) is 0 Å². The Labute approximate surface area is 149 Å². The van der Waals surface area contributed by atoms with Crippen LogP contribution in [0.1, 0.15) is 44.0 Å². The summed E-state index contributed by atoms with van der Waals surface area (Å²) >= 11 is 1.54. The maximum atomic E-state index is 14.4. The minimum absolute atomic E-state index is 0.185. The molecule has 1 N–H and O–H groups in total. The van der Waals surface area contributed by atoms with E-state index in [1.165, 1.54) is 27.8 Å². The number of benzene rings is 1. The van der Waals surface area contributed by atoms with Crippen LogP contribution in [0.2, 0.25) is 0 Å². The van der Waals surface area contributed by atoms with Crippen molar-refractivity contribution in [1.82, 2.24) is 14.9 Å². The van der Waals surface area contributed by atoms with Crippen LogP contribution in [0.15, 0.2) is 42.7 Å². The first kappa shape index (κ1) is 16.0. The molecule has 128 valence electrons. The van der Waals surface area contributed by atoms with Crippen molar-refractivity contribution in [2.75, 3.05) is 0 Å². The predicted octanol–water partition coefficient (Wildman–Crippen LogP) is 3.63. The number of thiophene rings is 1. The molecule has 25 heavy (non-hydrogen) atoms. The molecule has 0 spiro atoms. The summed E-state index contributed by atoms with van der Waals surface area (Å²) in [6.45, 7) is 0. The highest BCUT2D eigenvalue weighted by Crippen LogP contribution is 2.31. The van der Waals surface area contributed by atoms with Crippen LogP contribution < -0.4 is 5.32 Å². The molecule has 2 heterocycles. The molecule has 1 amide bonds. The number of fused-ring (bicyclic) bond motifs is 1.